The fraction of sp³-hybridized carbons (Fsp3) is 0.231. The molecule has 0 saturated carbocycles. The molecule has 0 aromatic heterocycles. The van der Waals surface area contributed by atoms with Crippen molar-refractivity contribution in [3.63, 3.8) is 0 Å². The second kappa shape index (κ2) is 5.40. The van der Waals surface area contributed by atoms with Gasteiger partial charge >= 0.3 is 0 Å². The van der Waals surface area contributed by atoms with E-state index in [1.54, 1.807) is 0 Å². The van der Waals surface area contributed by atoms with Gasteiger partial charge in [0.1, 0.15) is 6.04 Å². The number of hydrogen-bond donors (Lipinski definition) is 1. The number of allylic oxidation sites excluding steroid dienone is 1. The van der Waals surface area contributed by atoms with Gasteiger partial charge in [0, 0.05) is 12.0 Å². The molecule has 1 heteroatoms. The fourth-order valence-corrected chi connectivity index (χ4v) is 1.49. The van der Waals surface area contributed by atoms with Crippen molar-refractivity contribution in [1.82, 2.24) is 0 Å². The normalized spacial score (nSPS) is 12.1. The highest BCUT2D eigenvalue weighted by Gasteiger charge is 2.11. The molecule has 0 aliphatic carbocycles. The van der Waals surface area contributed by atoms with Crippen LogP contribution in [0.5, 0.6) is 0 Å². The van der Waals surface area contributed by atoms with Crippen molar-refractivity contribution in [2.75, 3.05) is 7.05 Å². The lowest BCUT2D eigenvalue weighted by molar-refractivity contribution is -0.669. The van der Waals surface area contributed by atoms with Crippen molar-refractivity contribution in [2.45, 2.75) is 12.5 Å². The molecule has 0 saturated heterocycles. The largest absolute Gasteiger partial charge is 0.342 e. The van der Waals surface area contributed by atoms with E-state index in [2.05, 4.69) is 49.8 Å². The maximum Gasteiger partial charge on any atom is 0.115 e. The van der Waals surface area contributed by atoms with Crippen LogP contribution in [0.4, 0.5) is 0 Å². The summed E-state index contributed by atoms with van der Waals surface area (Å²) in [5.74, 6) is 0. The Labute approximate surface area is 86.2 Å². The Kier molecular flexibility index (Phi) is 4.14. The van der Waals surface area contributed by atoms with E-state index in [-0.39, 0.29) is 0 Å². The van der Waals surface area contributed by atoms with Crippen LogP contribution in [-0.4, -0.2) is 7.05 Å². The van der Waals surface area contributed by atoms with Gasteiger partial charge in [0.15, 0.2) is 0 Å². The highest BCUT2D eigenvalue weighted by molar-refractivity contribution is 5.21. The predicted molar refractivity (Wildman–Crippen MR) is 61.0 cm³/mol. The first-order valence-electron chi connectivity index (χ1n) is 4.92. The Balaban J connectivity index is 2.72. The van der Waals surface area contributed by atoms with E-state index in [1.165, 1.54) is 5.56 Å². The molecule has 0 heterocycles. The van der Waals surface area contributed by atoms with Gasteiger partial charge in [-0.05, 0) is 5.57 Å². The molecule has 0 radical (unpaired) electrons. The van der Waals surface area contributed by atoms with Gasteiger partial charge in [-0.3, -0.25) is 0 Å². The van der Waals surface area contributed by atoms with Crippen molar-refractivity contribution in [2.24, 2.45) is 0 Å². The van der Waals surface area contributed by atoms with Crippen LogP contribution in [0.1, 0.15) is 18.0 Å². The molecular formula is C13H18N+. The Morgan fingerprint density at radius 3 is 2.57 bits per heavy atom. The molecule has 0 amide bonds. The van der Waals surface area contributed by atoms with Crippen LogP contribution < -0.4 is 5.32 Å². The molecule has 0 spiro atoms. The fourth-order valence-electron chi connectivity index (χ4n) is 1.49. The molecule has 0 aliphatic rings. The van der Waals surface area contributed by atoms with Gasteiger partial charge in [0.05, 0.1) is 7.05 Å². The lowest BCUT2D eigenvalue weighted by atomic mass is 10.00. The Hall–Kier alpha value is -1.34. The van der Waals surface area contributed by atoms with Crippen LogP contribution in [0, 0.1) is 0 Å². The topological polar surface area (TPSA) is 16.6 Å². The van der Waals surface area contributed by atoms with Crippen LogP contribution in [0.2, 0.25) is 0 Å². The number of nitrogens with two attached hydrogens (primary N) is 1. The number of hydrogen-bond acceptors (Lipinski definition) is 0. The number of benzene rings is 1. The Bertz CT molecular complexity index is 300. The molecular weight excluding hydrogens is 170 g/mol. The standard InChI is InChI=1S/C13H17N/c1-4-11(2)10-13(14-3)12-8-6-5-7-9-12/h4-9,13-14H,1-2,10H2,3H3/p+1/t13-/m0/s1. The average Bonchev–Trinajstić information content (AvgIpc) is 2.26. The van der Waals surface area contributed by atoms with Crippen molar-refractivity contribution in [3.05, 3.63) is 60.7 Å². The minimum atomic E-state index is 0.460. The van der Waals surface area contributed by atoms with Crippen LogP contribution in [-0.2, 0) is 0 Å². The van der Waals surface area contributed by atoms with Crippen molar-refractivity contribution in [1.29, 1.82) is 0 Å². The zero-order chi connectivity index (χ0) is 10.4. The summed E-state index contributed by atoms with van der Waals surface area (Å²) >= 11 is 0. The third-order valence-corrected chi connectivity index (χ3v) is 2.40. The van der Waals surface area contributed by atoms with Crippen molar-refractivity contribution in [3.8, 4) is 0 Å². The highest BCUT2D eigenvalue weighted by Crippen LogP contribution is 2.16. The number of rotatable bonds is 5. The molecule has 1 atom stereocenters. The molecule has 0 aliphatic heterocycles. The summed E-state index contributed by atoms with van der Waals surface area (Å²) < 4.78 is 0. The maximum absolute atomic E-state index is 3.95. The lowest BCUT2D eigenvalue weighted by Crippen LogP contribution is -2.80. The summed E-state index contributed by atoms with van der Waals surface area (Å²) in [5, 5.41) is 2.21. The van der Waals surface area contributed by atoms with E-state index >= 15 is 0 Å². The maximum atomic E-state index is 3.95. The molecule has 0 fully saturated rings. The van der Waals surface area contributed by atoms with Crippen molar-refractivity contribution < 1.29 is 5.32 Å². The molecule has 1 aromatic carbocycles. The second-order valence-corrected chi connectivity index (χ2v) is 3.42. The minimum Gasteiger partial charge on any atom is -0.342 e. The summed E-state index contributed by atoms with van der Waals surface area (Å²) in [6, 6.07) is 11.0. The summed E-state index contributed by atoms with van der Waals surface area (Å²) in [7, 11) is 2.09. The van der Waals surface area contributed by atoms with Gasteiger partial charge < -0.3 is 5.32 Å². The summed E-state index contributed by atoms with van der Waals surface area (Å²) in [6.45, 7) is 7.68. The average molecular weight is 188 g/mol. The molecule has 74 valence electrons. The monoisotopic (exact) mass is 188 g/mol. The van der Waals surface area contributed by atoms with E-state index < -0.39 is 0 Å². The molecule has 0 unspecified atom stereocenters. The zero-order valence-corrected chi connectivity index (χ0v) is 8.74. The van der Waals surface area contributed by atoms with Gasteiger partial charge in [0.2, 0.25) is 0 Å². The van der Waals surface area contributed by atoms with Crippen LogP contribution >= 0.6 is 0 Å². The van der Waals surface area contributed by atoms with Crippen LogP contribution in [0.3, 0.4) is 0 Å². The second-order valence-electron chi connectivity index (χ2n) is 3.42. The van der Waals surface area contributed by atoms with Crippen LogP contribution in [0.25, 0.3) is 0 Å². The van der Waals surface area contributed by atoms with Crippen LogP contribution in [0.15, 0.2) is 55.1 Å². The molecule has 1 rings (SSSR count). The summed E-state index contributed by atoms with van der Waals surface area (Å²) in [5.41, 5.74) is 2.44. The Morgan fingerprint density at radius 2 is 2.07 bits per heavy atom. The summed E-state index contributed by atoms with van der Waals surface area (Å²) in [6.07, 6.45) is 2.80. The van der Waals surface area contributed by atoms with E-state index in [4.69, 9.17) is 0 Å². The lowest BCUT2D eigenvalue weighted by Gasteiger charge is -2.13. The van der Waals surface area contributed by atoms with E-state index in [0.717, 1.165) is 12.0 Å². The molecule has 1 nitrogen and oxygen atoms in total. The third-order valence-electron chi connectivity index (χ3n) is 2.40. The number of quaternary nitrogens is 1. The quantitative estimate of drug-likeness (QED) is 0.681. The van der Waals surface area contributed by atoms with Gasteiger partial charge in [-0.2, -0.15) is 0 Å². The smallest absolute Gasteiger partial charge is 0.115 e. The first-order valence-corrected chi connectivity index (χ1v) is 4.92. The Morgan fingerprint density at radius 1 is 1.43 bits per heavy atom. The van der Waals surface area contributed by atoms with Gasteiger partial charge in [-0.25, -0.2) is 0 Å². The minimum absolute atomic E-state index is 0.460. The van der Waals surface area contributed by atoms with Gasteiger partial charge in [-0.1, -0.05) is 49.6 Å². The molecule has 14 heavy (non-hydrogen) atoms. The van der Waals surface area contributed by atoms with E-state index in [0.29, 0.717) is 6.04 Å². The van der Waals surface area contributed by atoms with E-state index in [9.17, 15) is 0 Å². The predicted octanol–water partition coefficient (Wildman–Crippen LogP) is 2.05. The van der Waals surface area contributed by atoms with Gasteiger partial charge in [0.25, 0.3) is 0 Å². The summed E-state index contributed by atoms with van der Waals surface area (Å²) in [4.78, 5) is 0. The molecule has 1 aromatic rings. The third kappa shape index (κ3) is 2.86. The van der Waals surface area contributed by atoms with E-state index in [1.807, 2.05) is 12.1 Å². The van der Waals surface area contributed by atoms with Crippen molar-refractivity contribution >= 4 is 0 Å². The SMILES string of the molecule is C=CC(=C)C[C@H]([NH2+]C)c1ccccc1. The molecule has 0 bridgehead atoms. The molecule has 2 N–H and O–H groups in total. The zero-order valence-electron chi connectivity index (χ0n) is 8.74. The first-order chi connectivity index (χ1) is 6.77. The first kappa shape index (κ1) is 10.7. The highest BCUT2D eigenvalue weighted by atomic mass is 14.9. The van der Waals surface area contributed by atoms with Gasteiger partial charge in [-0.15, -0.1) is 0 Å².